The minimum atomic E-state index is -5.01. The molecule has 0 amide bonds. The monoisotopic (exact) mass is 332 g/mol. The van der Waals surface area contributed by atoms with E-state index in [1.54, 1.807) is 19.9 Å². The predicted molar refractivity (Wildman–Crippen MR) is 74.9 cm³/mol. The van der Waals surface area contributed by atoms with Gasteiger partial charge in [0.15, 0.2) is 0 Å². The molecule has 0 rings (SSSR count). The molecule has 0 radical (unpaired) electrons. The van der Waals surface area contributed by atoms with Crippen LogP contribution in [-0.2, 0) is 18.0 Å². The lowest BCUT2D eigenvalue weighted by Crippen LogP contribution is -1.94. The normalized spacial score (nSPS) is 13.6. The second-order valence-corrected chi connectivity index (χ2v) is 6.91. The van der Waals surface area contributed by atoms with Crippen LogP contribution in [-0.4, -0.2) is 33.0 Å². The molecule has 0 aliphatic rings. The highest BCUT2D eigenvalue weighted by molar-refractivity contribution is 7.60. The van der Waals surface area contributed by atoms with Gasteiger partial charge in [0.05, 0.1) is 13.2 Å². The molecule has 0 aliphatic heterocycles. The summed E-state index contributed by atoms with van der Waals surface area (Å²) in [6, 6.07) is 0. The SMILES string of the molecule is CC(C)=CCO.CC(C)=CCOP(=O)(O)OP(=O)(O)O. The predicted octanol–water partition coefficient (Wildman–Crippen LogP) is 2.12. The molecular weight excluding hydrogens is 310 g/mol. The molecule has 0 saturated heterocycles. The Morgan fingerprint density at radius 2 is 1.45 bits per heavy atom. The molecule has 20 heavy (non-hydrogen) atoms. The van der Waals surface area contributed by atoms with E-state index in [0.717, 1.165) is 11.1 Å². The second kappa shape index (κ2) is 10.4. The van der Waals surface area contributed by atoms with Crippen molar-refractivity contribution in [1.82, 2.24) is 0 Å². The summed E-state index contributed by atoms with van der Waals surface area (Å²) in [6.07, 6.45) is 3.23. The summed E-state index contributed by atoms with van der Waals surface area (Å²) >= 11 is 0. The van der Waals surface area contributed by atoms with Crippen molar-refractivity contribution in [2.45, 2.75) is 27.7 Å². The molecule has 0 fully saturated rings. The largest absolute Gasteiger partial charge is 0.481 e. The van der Waals surface area contributed by atoms with E-state index in [1.807, 2.05) is 13.8 Å². The number of phosphoric acid groups is 2. The van der Waals surface area contributed by atoms with Gasteiger partial charge in [0.25, 0.3) is 0 Å². The molecule has 0 aromatic rings. The maximum Gasteiger partial charge on any atom is 0.481 e. The number of aliphatic hydroxyl groups excluding tert-OH is 1. The lowest BCUT2D eigenvalue weighted by molar-refractivity contribution is 0.191. The molecule has 0 aromatic carbocycles. The van der Waals surface area contributed by atoms with Crippen LogP contribution in [0.3, 0.4) is 0 Å². The highest BCUT2D eigenvalue weighted by atomic mass is 31.3. The van der Waals surface area contributed by atoms with E-state index in [1.165, 1.54) is 6.08 Å². The van der Waals surface area contributed by atoms with Gasteiger partial charge in [0.2, 0.25) is 0 Å². The third-order valence-corrected chi connectivity index (χ3v) is 3.59. The van der Waals surface area contributed by atoms with Crippen LogP contribution in [0.5, 0.6) is 0 Å². The molecule has 10 heteroatoms. The molecule has 0 aromatic heterocycles. The van der Waals surface area contributed by atoms with Crippen LogP contribution in [0.4, 0.5) is 0 Å². The summed E-state index contributed by atoms with van der Waals surface area (Å²) in [6.45, 7) is 7.29. The van der Waals surface area contributed by atoms with E-state index < -0.39 is 15.6 Å². The summed E-state index contributed by atoms with van der Waals surface area (Å²) in [4.78, 5) is 25.2. The van der Waals surface area contributed by atoms with E-state index in [-0.39, 0.29) is 13.2 Å². The number of allylic oxidation sites excluding steroid dienone is 2. The third-order valence-electron chi connectivity index (χ3n) is 1.44. The molecule has 1 unspecified atom stereocenters. The summed E-state index contributed by atoms with van der Waals surface area (Å²) in [5.41, 5.74) is 2.00. The third kappa shape index (κ3) is 20.0. The molecule has 4 N–H and O–H groups in total. The minimum absolute atomic E-state index is 0.169. The van der Waals surface area contributed by atoms with Crippen LogP contribution in [0.15, 0.2) is 23.3 Å². The van der Waals surface area contributed by atoms with E-state index in [2.05, 4.69) is 8.83 Å². The van der Waals surface area contributed by atoms with Gasteiger partial charge in [-0.05, 0) is 27.7 Å². The van der Waals surface area contributed by atoms with Crippen LogP contribution in [0.2, 0.25) is 0 Å². The highest BCUT2D eigenvalue weighted by Gasteiger charge is 2.31. The van der Waals surface area contributed by atoms with Gasteiger partial charge in [0.1, 0.15) is 0 Å². The molecule has 0 saturated carbocycles. The van der Waals surface area contributed by atoms with Crippen molar-refractivity contribution in [3.05, 3.63) is 23.3 Å². The van der Waals surface area contributed by atoms with E-state index >= 15 is 0 Å². The zero-order chi connectivity index (χ0) is 16.4. The first-order valence-corrected chi connectivity index (χ1v) is 8.54. The molecule has 0 heterocycles. The molecule has 0 bridgehead atoms. The Morgan fingerprint density at radius 1 is 1.00 bits per heavy atom. The standard InChI is InChI=1S/C5H12O7P2.C5H10O/c1-5(2)3-4-11-14(9,10)12-13(6,7)8;1-5(2)3-4-6/h3H,4H2,1-2H3,(H,9,10)(H2,6,7,8);3,6H,4H2,1-2H3. The first-order valence-electron chi connectivity index (χ1n) is 5.51. The van der Waals surface area contributed by atoms with Gasteiger partial charge in [-0.3, -0.25) is 4.52 Å². The average molecular weight is 332 g/mol. The average Bonchev–Trinajstić information content (AvgIpc) is 2.12. The quantitative estimate of drug-likeness (QED) is 0.429. The van der Waals surface area contributed by atoms with Gasteiger partial charge < -0.3 is 19.8 Å². The fraction of sp³-hybridized carbons (Fsp3) is 0.600. The molecule has 1 atom stereocenters. The van der Waals surface area contributed by atoms with Gasteiger partial charge in [-0.2, -0.15) is 4.31 Å². The molecule has 8 nitrogen and oxygen atoms in total. The van der Waals surface area contributed by atoms with Crippen molar-refractivity contribution in [1.29, 1.82) is 0 Å². The number of phosphoric ester groups is 1. The Balaban J connectivity index is 0. The van der Waals surface area contributed by atoms with Crippen LogP contribution in [0.25, 0.3) is 0 Å². The Morgan fingerprint density at radius 3 is 1.70 bits per heavy atom. The first kappa shape index (κ1) is 22.0. The first-order chi connectivity index (χ1) is 8.89. The second-order valence-electron chi connectivity index (χ2n) is 4.08. The minimum Gasteiger partial charge on any atom is -0.392 e. The maximum atomic E-state index is 10.8. The molecule has 0 spiro atoms. The highest BCUT2D eigenvalue weighted by Crippen LogP contribution is 2.57. The lowest BCUT2D eigenvalue weighted by atomic mass is 10.3. The van der Waals surface area contributed by atoms with Crippen molar-refractivity contribution in [3.63, 3.8) is 0 Å². The van der Waals surface area contributed by atoms with Gasteiger partial charge >= 0.3 is 15.6 Å². The van der Waals surface area contributed by atoms with Crippen molar-refractivity contribution >= 4 is 15.6 Å². The van der Waals surface area contributed by atoms with E-state index in [9.17, 15) is 9.13 Å². The number of aliphatic hydroxyl groups is 1. The molecule has 0 aliphatic carbocycles. The number of hydrogen-bond acceptors (Lipinski definition) is 5. The van der Waals surface area contributed by atoms with Crippen molar-refractivity contribution in [2.75, 3.05) is 13.2 Å². The van der Waals surface area contributed by atoms with Gasteiger partial charge in [-0.25, -0.2) is 9.13 Å². The van der Waals surface area contributed by atoms with Crippen molar-refractivity contribution < 1.29 is 37.8 Å². The zero-order valence-corrected chi connectivity index (χ0v) is 13.7. The smallest absolute Gasteiger partial charge is 0.392 e. The van der Waals surface area contributed by atoms with Crippen molar-refractivity contribution in [3.8, 4) is 0 Å². The molecule has 120 valence electrons. The lowest BCUT2D eigenvalue weighted by Gasteiger charge is -2.10. The summed E-state index contributed by atoms with van der Waals surface area (Å²) < 4.78 is 28.8. The summed E-state index contributed by atoms with van der Waals surface area (Å²) in [7, 11) is -9.69. The number of hydrogen-bond donors (Lipinski definition) is 4. The Bertz CT molecular complexity index is 415. The van der Waals surface area contributed by atoms with Crippen LogP contribution < -0.4 is 0 Å². The Labute approximate surface area is 118 Å². The van der Waals surface area contributed by atoms with Crippen LogP contribution >= 0.6 is 15.6 Å². The van der Waals surface area contributed by atoms with Crippen molar-refractivity contribution in [2.24, 2.45) is 0 Å². The Kier molecular flexibility index (Phi) is 11.5. The van der Waals surface area contributed by atoms with Gasteiger partial charge in [-0.15, -0.1) is 0 Å². The fourth-order valence-electron chi connectivity index (χ4n) is 0.639. The van der Waals surface area contributed by atoms with E-state index in [0.29, 0.717) is 0 Å². The topological polar surface area (TPSA) is 134 Å². The van der Waals surface area contributed by atoms with Gasteiger partial charge in [-0.1, -0.05) is 23.3 Å². The maximum absolute atomic E-state index is 10.8. The van der Waals surface area contributed by atoms with Crippen LogP contribution in [0, 0.1) is 0 Å². The van der Waals surface area contributed by atoms with E-state index in [4.69, 9.17) is 19.8 Å². The summed E-state index contributed by atoms with van der Waals surface area (Å²) in [5.74, 6) is 0. The van der Waals surface area contributed by atoms with Gasteiger partial charge in [0, 0.05) is 0 Å². The molecular formula is C10H22O8P2. The zero-order valence-electron chi connectivity index (χ0n) is 11.9. The van der Waals surface area contributed by atoms with Crippen LogP contribution in [0.1, 0.15) is 27.7 Å². The summed E-state index contributed by atoms with van der Waals surface area (Å²) in [5, 5.41) is 8.16. The fourth-order valence-corrected chi connectivity index (χ4v) is 2.17. The Hall–Kier alpha value is -0.300. The number of rotatable bonds is 6.